The Balaban J connectivity index is 1.79. The number of hydrogen-bond acceptors (Lipinski definition) is 2. The number of halogens is 1. The summed E-state index contributed by atoms with van der Waals surface area (Å²) in [6, 6.07) is 14.4. The number of hydrogen-bond donors (Lipinski definition) is 2. The molecule has 0 fully saturated rings. The number of fused-ring (bicyclic) bond motifs is 1. The van der Waals surface area contributed by atoms with Crippen LogP contribution in [0.4, 0.5) is 5.69 Å². The fourth-order valence-corrected chi connectivity index (χ4v) is 3.65. The monoisotopic (exact) mass is 404 g/mol. The lowest BCUT2D eigenvalue weighted by Gasteiger charge is -2.38. The topological polar surface area (TPSA) is 33.3 Å². The van der Waals surface area contributed by atoms with Crippen LogP contribution < -0.4 is 15.4 Å². The average Bonchev–Trinajstić information content (AvgIpc) is 2.47. The zero-order chi connectivity index (χ0) is 17.3. The molecular formula is C19H21BrN2OS. The molecule has 0 unspecified atom stereocenters. The van der Waals surface area contributed by atoms with E-state index in [0.29, 0.717) is 5.11 Å². The number of nitrogens with one attached hydrogen (secondary N) is 2. The largest absolute Gasteiger partial charge is 0.487 e. The molecule has 0 aromatic heterocycles. The third-order valence-electron chi connectivity index (χ3n) is 4.01. The Bertz CT molecular complexity index is 776. The normalized spacial score (nSPS) is 18.2. The van der Waals surface area contributed by atoms with E-state index in [1.807, 2.05) is 30.3 Å². The van der Waals surface area contributed by atoms with Crippen LogP contribution in [0.1, 0.15) is 37.4 Å². The second-order valence-corrected chi connectivity index (χ2v) is 8.09. The van der Waals surface area contributed by atoms with Crippen LogP contribution in [0.25, 0.3) is 0 Å². The SMILES string of the molecule is Cc1ccc2c(c1)[C@H](NC(=S)Nc1cccc(Br)c1)CC(C)(C)O2. The standard InChI is InChI=1S/C19H21BrN2OS/c1-12-7-8-17-15(9-12)16(11-19(2,3)23-17)22-18(24)21-14-6-4-5-13(20)10-14/h4-10,16H,11H2,1-3H3,(H2,21,22,24)/t16-/m1/s1. The Morgan fingerprint density at radius 2 is 2.04 bits per heavy atom. The Kier molecular flexibility index (Phi) is 4.83. The molecule has 2 N–H and O–H groups in total. The van der Waals surface area contributed by atoms with Gasteiger partial charge in [-0.05, 0) is 57.3 Å². The molecule has 1 atom stereocenters. The molecule has 1 aliphatic rings. The maximum Gasteiger partial charge on any atom is 0.171 e. The van der Waals surface area contributed by atoms with Gasteiger partial charge in [0, 0.05) is 22.1 Å². The first-order chi connectivity index (χ1) is 11.3. The minimum atomic E-state index is -0.231. The molecule has 0 radical (unpaired) electrons. The van der Waals surface area contributed by atoms with Crippen molar-refractivity contribution in [2.75, 3.05) is 5.32 Å². The first-order valence-corrected chi connectivity index (χ1v) is 9.15. The molecule has 3 rings (SSSR count). The lowest BCUT2D eigenvalue weighted by Crippen LogP contribution is -2.42. The summed E-state index contributed by atoms with van der Waals surface area (Å²) >= 11 is 8.99. The van der Waals surface area contributed by atoms with Gasteiger partial charge >= 0.3 is 0 Å². The molecule has 126 valence electrons. The van der Waals surface area contributed by atoms with Crippen molar-refractivity contribution < 1.29 is 4.74 Å². The van der Waals surface area contributed by atoms with Gasteiger partial charge in [0.1, 0.15) is 11.4 Å². The number of rotatable bonds is 2. The van der Waals surface area contributed by atoms with Crippen molar-refractivity contribution in [3.8, 4) is 5.75 Å². The number of aryl methyl sites for hydroxylation is 1. The van der Waals surface area contributed by atoms with E-state index in [1.165, 1.54) is 5.56 Å². The quantitative estimate of drug-likeness (QED) is 0.661. The second kappa shape index (κ2) is 6.73. The Morgan fingerprint density at radius 1 is 1.25 bits per heavy atom. The van der Waals surface area contributed by atoms with Crippen molar-refractivity contribution in [1.29, 1.82) is 0 Å². The van der Waals surface area contributed by atoms with Crippen molar-refractivity contribution in [2.45, 2.75) is 38.8 Å². The van der Waals surface area contributed by atoms with Crippen LogP contribution in [0.3, 0.4) is 0 Å². The highest BCUT2D eigenvalue weighted by Crippen LogP contribution is 2.39. The Labute approximate surface area is 156 Å². The van der Waals surface area contributed by atoms with Crippen LogP contribution in [-0.4, -0.2) is 10.7 Å². The van der Waals surface area contributed by atoms with Gasteiger partial charge in [-0.15, -0.1) is 0 Å². The average molecular weight is 405 g/mol. The van der Waals surface area contributed by atoms with E-state index in [9.17, 15) is 0 Å². The highest BCUT2D eigenvalue weighted by atomic mass is 79.9. The van der Waals surface area contributed by atoms with Gasteiger partial charge in [0.25, 0.3) is 0 Å². The smallest absolute Gasteiger partial charge is 0.171 e. The molecule has 0 saturated heterocycles. The van der Waals surface area contributed by atoms with E-state index < -0.39 is 0 Å². The van der Waals surface area contributed by atoms with E-state index >= 15 is 0 Å². The van der Waals surface area contributed by atoms with Gasteiger partial charge in [0.2, 0.25) is 0 Å². The van der Waals surface area contributed by atoms with Gasteiger partial charge in [-0.3, -0.25) is 0 Å². The van der Waals surface area contributed by atoms with Crippen molar-refractivity contribution in [3.63, 3.8) is 0 Å². The van der Waals surface area contributed by atoms with E-state index in [4.69, 9.17) is 17.0 Å². The molecule has 1 heterocycles. The maximum atomic E-state index is 6.11. The zero-order valence-corrected chi connectivity index (χ0v) is 16.4. The van der Waals surface area contributed by atoms with E-state index in [0.717, 1.165) is 27.9 Å². The Morgan fingerprint density at radius 3 is 2.79 bits per heavy atom. The molecule has 1 aliphatic heterocycles. The van der Waals surface area contributed by atoms with Gasteiger partial charge in [-0.25, -0.2) is 0 Å². The van der Waals surface area contributed by atoms with Crippen molar-refractivity contribution in [3.05, 3.63) is 58.1 Å². The van der Waals surface area contributed by atoms with E-state index in [1.54, 1.807) is 0 Å². The van der Waals surface area contributed by atoms with Crippen molar-refractivity contribution in [2.24, 2.45) is 0 Å². The number of thiocarbonyl (C=S) groups is 1. The van der Waals surface area contributed by atoms with Crippen molar-refractivity contribution >= 4 is 38.9 Å². The molecule has 2 aromatic carbocycles. The number of benzene rings is 2. The molecule has 0 bridgehead atoms. The van der Waals surface area contributed by atoms with Gasteiger partial charge in [-0.1, -0.05) is 39.7 Å². The maximum absolute atomic E-state index is 6.11. The second-order valence-electron chi connectivity index (χ2n) is 6.77. The van der Waals surface area contributed by atoms with Crippen LogP contribution in [0.5, 0.6) is 5.75 Å². The first kappa shape index (κ1) is 17.2. The van der Waals surface area contributed by atoms with Gasteiger partial charge in [0.05, 0.1) is 6.04 Å². The zero-order valence-electron chi connectivity index (χ0n) is 14.0. The Hall–Kier alpha value is -1.59. The van der Waals surface area contributed by atoms with Crippen LogP contribution in [0, 0.1) is 6.92 Å². The molecule has 0 spiro atoms. The molecule has 2 aromatic rings. The van der Waals surface area contributed by atoms with Crippen LogP contribution in [0.2, 0.25) is 0 Å². The lowest BCUT2D eigenvalue weighted by molar-refractivity contribution is 0.0696. The van der Waals surface area contributed by atoms with Crippen LogP contribution >= 0.6 is 28.1 Å². The fraction of sp³-hybridized carbons (Fsp3) is 0.316. The van der Waals surface area contributed by atoms with E-state index in [2.05, 4.69) is 59.5 Å². The lowest BCUT2D eigenvalue weighted by atomic mass is 9.89. The summed E-state index contributed by atoms with van der Waals surface area (Å²) in [5.74, 6) is 0.930. The summed E-state index contributed by atoms with van der Waals surface area (Å²) in [5, 5.41) is 7.32. The summed E-state index contributed by atoms with van der Waals surface area (Å²) in [6.45, 7) is 6.31. The van der Waals surface area contributed by atoms with E-state index in [-0.39, 0.29) is 11.6 Å². The minimum Gasteiger partial charge on any atom is -0.487 e. The molecule has 5 heteroatoms. The molecule has 0 amide bonds. The van der Waals surface area contributed by atoms with Gasteiger partial charge in [-0.2, -0.15) is 0 Å². The summed E-state index contributed by atoms with van der Waals surface area (Å²) in [7, 11) is 0. The van der Waals surface area contributed by atoms with Crippen LogP contribution in [0.15, 0.2) is 46.9 Å². The molecule has 0 saturated carbocycles. The highest BCUT2D eigenvalue weighted by Gasteiger charge is 2.34. The van der Waals surface area contributed by atoms with Crippen LogP contribution in [-0.2, 0) is 0 Å². The fourth-order valence-electron chi connectivity index (χ4n) is 2.99. The molecule has 24 heavy (non-hydrogen) atoms. The number of ether oxygens (including phenoxy) is 1. The third kappa shape index (κ3) is 4.08. The molecule has 3 nitrogen and oxygen atoms in total. The van der Waals surface area contributed by atoms with Gasteiger partial charge in [0.15, 0.2) is 5.11 Å². The summed E-state index contributed by atoms with van der Waals surface area (Å²) in [5.41, 5.74) is 3.10. The van der Waals surface area contributed by atoms with Crippen molar-refractivity contribution in [1.82, 2.24) is 5.32 Å². The predicted octanol–water partition coefficient (Wildman–Crippen LogP) is 5.35. The first-order valence-electron chi connectivity index (χ1n) is 7.95. The summed E-state index contributed by atoms with van der Waals surface area (Å²) in [6.07, 6.45) is 0.851. The third-order valence-corrected chi connectivity index (χ3v) is 4.72. The molecular weight excluding hydrogens is 384 g/mol. The highest BCUT2D eigenvalue weighted by molar-refractivity contribution is 9.10. The summed E-state index contributed by atoms with van der Waals surface area (Å²) < 4.78 is 7.13. The minimum absolute atomic E-state index is 0.121. The molecule has 0 aliphatic carbocycles. The number of anilines is 1. The summed E-state index contributed by atoms with van der Waals surface area (Å²) in [4.78, 5) is 0. The predicted molar refractivity (Wildman–Crippen MR) is 107 cm³/mol. The van der Waals surface area contributed by atoms with Gasteiger partial charge < -0.3 is 15.4 Å².